The van der Waals surface area contributed by atoms with E-state index >= 15 is 0 Å². The minimum Gasteiger partial charge on any atom is -0.324 e. The van der Waals surface area contributed by atoms with Crippen molar-refractivity contribution in [1.82, 2.24) is 4.98 Å². The minimum absolute atomic E-state index is 0.841. The first kappa shape index (κ1) is 10.1. The molecule has 0 unspecified atom stereocenters. The lowest BCUT2D eigenvalue weighted by molar-refractivity contribution is 0.702. The van der Waals surface area contributed by atoms with Crippen molar-refractivity contribution in [3.05, 3.63) is 30.1 Å². The molecule has 56 valence electrons. The van der Waals surface area contributed by atoms with E-state index in [0.29, 0.717) is 0 Å². The summed E-state index contributed by atoms with van der Waals surface area (Å²) >= 11 is 5.23. The summed E-state index contributed by atoms with van der Waals surface area (Å²) in [6, 6.07) is 5.87. The molecule has 0 aromatic carbocycles. The first-order valence-electron chi connectivity index (χ1n) is 2.56. The van der Waals surface area contributed by atoms with Crippen molar-refractivity contribution >= 4 is 32.2 Å². The van der Waals surface area contributed by atoms with Gasteiger partial charge in [-0.25, -0.2) is 0 Å². The van der Waals surface area contributed by atoms with Crippen molar-refractivity contribution in [2.75, 3.05) is 0 Å². The Hall–Kier alpha value is 0.0700. The van der Waals surface area contributed by atoms with E-state index < -0.39 is 0 Å². The molecule has 0 atom stereocenters. The van der Waals surface area contributed by atoms with E-state index in [9.17, 15) is 0 Å². The lowest BCUT2D eigenvalue weighted by Gasteiger charge is -1.87. The zero-order valence-corrected chi connectivity index (χ0v) is 8.34. The Kier molecular flexibility index (Phi) is 7.23. The maximum atomic E-state index is 6.81. The zero-order chi connectivity index (χ0) is 7.82. The van der Waals surface area contributed by atoms with Gasteiger partial charge in [-0.1, -0.05) is 22.0 Å². The van der Waals surface area contributed by atoms with Gasteiger partial charge in [-0.05, 0) is 12.1 Å². The summed E-state index contributed by atoms with van der Waals surface area (Å²) in [5, 5.41) is 0.841. The van der Waals surface area contributed by atoms with Gasteiger partial charge in [-0.2, -0.15) is 0 Å². The van der Waals surface area contributed by atoms with Crippen LogP contribution < -0.4 is 0 Å². The Morgan fingerprint density at radius 3 is 2.40 bits per heavy atom. The van der Waals surface area contributed by atoms with Crippen LogP contribution in [0.5, 0.6) is 0 Å². The predicted octanol–water partition coefficient (Wildman–Crippen LogP) is 2.27. The molecular formula is C6H7Br2NO. The maximum Gasteiger partial charge on any atom is 0.0957 e. The van der Waals surface area contributed by atoms with Crippen molar-refractivity contribution in [3.8, 4) is 0 Å². The van der Waals surface area contributed by atoms with E-state index in [0.717, 1.165) is 11.0 Å². The van der Waals surface area contributed by atoms with Gasteiger partial charge in [0.15, 0.2) is 0 Å². The molecule has 1 aromatic heterocycles. The average molecular weight is 269 g/mol. The van der Waals surface area contributed by atoms with Gasteiger partial charge >= 0.3 is 0 Å². The van der Waals surface area contributed by atoms with E-state index in [2.05, 4.69) is 20.9 Å². The number of alkyl halides is 1. The second kappa shape index (κ2) is 7.18. The normalized spacial score (nSPS) is 7.90. The summed E-state index contributed by atoms with van der Waals surface area (Å²) < 4.78 is 6.81. The standard InChI is InChI=1S/C6H6BrN.BrHO/c7-5-6-3-1-2-4-8-6;1-2/h1-4H,5H2;2H. The van der Waals surface area contributed by atoms with E-state index in [4.69, 9.17) is 4.20 Å². The highest BCUT2D eigenvalue weighted by Gasteiger charge is 1.83. The molecule has 4 heteroatoms. The lowest BCUT2D eigenvalue weighted by Crippen LogP contribution is -1.78. The Morgan fingerprint density at radius 2 is 2.10 bits per heavy atom. The predicted molar refractivity (Wildman–Crippen MR) is 48.0 cm³/mol. The quantitative estimate of drug-likeness (QED) is 0.793. The van der Waals surface area contributed by atoms with Crippen LogP contribution in [-0.2, 0) is 5.33 Å². The highest BCUT2D eigenvalue weighted by molar-refractivity contribution is 9.08. The molecule has 0 aliphatic heterocycles. The second-order valence-corrected chi connectivity index (χ2v) is 2.02. The van der Waals surface area contributed by atoms with Gasteiger partial charge < -0.3 is 4.20 Å². The zero-order valence-electron chi connectivity index (χ0n) is 5.17. The van der Waals surface area contributed by atoms with Gasteiger partial charge in [0, 0.05) is 11.5 Å². The Morgan fingerprint density at radius 1 is 1.40 bits per heavy atom. The number of nitrogens with zero attached hydrogens (tertiary/aromatic N) is 1. The number of hydrogen-bond donors (Lipinski definition) is 1. The highest BCUT2D eigenvalue weighted by atomic mass is 79.9. The van der Waals surface area contributed by atoms with Crippen LogP contribution in [0.15, 0.2) is 24.4 Å². The molecule has 0 radical (unpaired) electrons. The molecule has 1 N–H and O–H groups in total. The van der Waals surface area contributed by atoms with E-state index in [-0.39, 0.29) is 0 Å². The smallest absolute Gasteiger partial charge is 0.0957 e. The summed E-state index contributed by atoms with van der Waals surface area (Å²) in [6.07, 6.45) is 1.79. The van der Waals surface area contributed by atoms with Crippen molar-refractivity contribution in [2.24, 2.45) is 0 Å². The molecule has 0 saturated carbocycles. The topological polar surface area (TPSA) is 33.1 Å². The SMILES string of the molecule is BrCc1ccccn1.OBr. The fraction of sp³-hybridized carbons (Fsp3) is 0.167. The first-order valence-corrected chi connectivity index (χ1v) is 4.39. The average Bonchev–Trinajstić information content (AvgIpc) is 2.10. The Bertz CT molecular complexity index is 157. The fourth-order valence-corrected chi connectivity index (χ4v) is 0.809. The minimum atomic E-state index is 0.841. The summed E-state index contributed by atoms with van der Waals surface area (Å²) in [4.78, 5) is 4.05. The molecule has 0 amide bonds. The van der Waals surface area contributed by atoms with Crippen LogP contribution in [0.2, 0.25) is 0 Å². The van der Waals surface area contributed by atoms with Crippen LogP contribution in [0.25, 0.3) is 0 Å². The Labute approximate surface area is 76.9 Å². The molecule has 0 aliphatic rings. The molecule has 2 nitrogen and oxygen atoms in total. The summed E-state index contributed by atoms with van der Waals surface area (Å²) in [6.45, 7) is 0. The molecule has 1 rings (SSSR count). The van der Waals surface area contributed by atoms with Crippen LogP contribution in [0.3, 0.4) is 0 Å². The lowest BCUT2D eigenvalue weighted by atomic mass is 10.4. The molecule has 0 bridgehead atoms. The largest absolute Gasteiger partial charge is 0.324 e. The third-order valence-corrected chi connectivity index (χ3v) is 1.44. The highest BCUT2D eigenvalue weighted by Crippen LogP contribution is 1.97. The van der Waals surface area contributed by atoms with Gasteiger partial charge in [-0.3, -0.25) is 4.98 Å². The third-order valence-electron chi connectivity index (χ3n) is 0.863. The molecular weight excluding hydrogens is 262 g/mol. The molecule has 1 aromatic rings. The van der Waals surface area contributed by atoms with Crippen LogP contribution >= 0.6 is 32.2 Å². The molecule has 0 aliphatic carbocycles. The van der Waals surface area contributed by atoms with Crippen molar-refractivity contribution < 1.29 is 4.20 Å². The summed E-state index contributed by atoms with van der Waals surface area (Å²) in [5.74, 6) is 0. The third kappa shape index (κ3) is 3.98. The molecule has 0 saturated heterocycles. The van der Waals surface area contributed by atoms with Crippen LogP contribution in [0.4, 0.5) is 0 Å². The van der Waals surface area contributed by atoms with E-state index in [1.54, 1.807) is 6.20 Å². The van der Waals surface area contributed by atoms with Crippen molar-refractivity contribution in [2.45, 2.75) is 5.33 Å². The van der Waals surface area contributed by atoms with Gasteiger partial charge in [-0.15, -0.1) is 0 Å². The molecule has 1 heterocycles. The summed E-state index contributed by atoms with van der Waals surface area (Å²) in [7, 11) is 0. The number of rotatable bonds is 1. The van der Waals surface area contributed by atoms with Crippen molar-refractivity contribution in [1.29, 1.82) is 0 Å². The first-order chi connectivity index (χ1) is 4.93. The van der Waals surface area contributed by atoms with Gasteiger partial charge in [0.1, 0.15) is 0 Å². The molecule has 10 heavy (non-hydrogen) atoms. The fourth-order valence-electron chi connectivity index (χ4n) is 0.477. The number of pyridine rings is 1. The number of halogens is 2. The summed E-state index contributed by atoms with van der Waals surface area (Å²) in [5.41, 5.74) is 1.08. The van der Waals surface area contributed by atoms with Crippen LogP contribution in [0.1, 0.15) is 5.69 Å². The molecule has 0 fully saturated rings. The Balaban J connectivity index is 0.000000371. The van der Waals surface area contributed by atoms with Gasteiger partial charge in [0.25, 0.3) is 0 Å². The second-order valence-electron chi connectivity index (χ2n) is 1.45. The maximum absolute atomic E-state index is 6.81. The molecule has 0 spiro atoms. The monoisotopic (exact) mass is 267 g/mol. The van der Waals surface area contributed by atoms with Crippen LogP contribution in [-0.4, -0.2) is 9.18 Å². The van der Waals surface area contributed by atoms with E-state index in [1.807, 2.05) is 34.5 Å². The van der Waals surface area contributed by atoms with Crippen LogP contribution in [0, 0.1) is 0 Å². The number of hydrogen-bond acceptors (Lipinski definition) is 2. The van der Waals surface area contributed by atoms with Gasteiger partial charge in [0.2, 0.25) is 0 Å². The van der Waals surface area contributed by atoms with Gasteiger partial charge in [0.05, 0.1) is 22.0 Å². The number of aromatic nitrogens is 1. The van der Waals surface area contributed by atoms with E-state index in [1.165, 1.54) is 0 Å². The van der Waals surface area contributed by atoms with Crippen molar-refractivity contribution in [3.63, 3.8) is 0 Å².